The molecule has 0 saturated carbocycles. The number of rotatable bonds is 4. The number of aryl methyl sites for hydroxylation is 1. The van der Waals surface area contributed by atoms with Crippen molar-refractivity contribution in [3.8, 4) is 5.75 Å². The van der Waals surface area contributed by atoms with Crippen LogP contribution in [0.2, 0.25) is 0 Å². The molecule has 2 rings (SSSR count). The van der Waals surface area contributed by atoms with Gasteiger partial charge in [-0.05, 0) is 24.6 Å². The first-order valence-electron chi connectivity index (χ1n) is 5.83. The molecule has 0 aromatic heterocycles. The first-order chi connectivity index (χ1) is 9.11. The average Bonchev–Trinajstić information content (AvgIpc) is 2.39. The highest BCUT2D eigenvalue weighted by atomic mass is 79.9. The van der Waals surface area contributed by atoms with E-state index in [1.807, 2.05) is 25.1 Å². The topological polar surface area (TPSA) is 9.23 Å². The van der Waals surface area contributed by atoms with E-state index in [1.54, 1.807) is 12.1 Å². The van der Waals surface area contributed by atoms with Crippen LogP contribution in [0.15, 0.2) is 40.9 Å². The third kappa shape index (κ3) is 3.48. The van der Waals surface area contributed by atoms with E-state index in [0.717, 1.165) is 16.9 Å². The molecule has 19 heavy (non-hydrogen) atoms. The highest BCUT2D eigenvalue weighted by molar-refractivity contribution is 9.10. The van der Waals surface area contributed by atoms with E-state index in [4.69, 9.17) is 16.3 Å². The Morgan fingerprint density at radius 3 is 2.68 bits per heavy atom. The third-order valence-electron chi connectivity index (χ3n) is 2.82. The summed E-state index contributed by atoms with van der Waals surface area (Å²) in [6.07, 6.45) is 0. The summed E-state index contributed by atoms with van der Waals surface area (Å²) in [6, 6.07) is 10.7. The average molecular weight is 344 g/mol. The van der Waals surface area contributed by atoms with E-state index >= 15 is 0 Å². The largest absolute Gasteiger partial charge is 0.488 e. The second-order valence-corrected chi connectivity index (χ2v) is 5.40. The summed E-state index contributed by atoms with van der Waals surface area (Å²) >= 11 is 9.11. The summed E-state index contributed by atoms with van der Waals surface area (Å²) in [6.45, 7) is 2.14. The SMILES string of the molecule is Cc1cccc(CCl)c1OCc1ccc(Br)cc1F. The second kappa shape index (κ2) is 6.40. The van der Waals surface area contributed by atoms with Crippen LogP contribution in [0.5, 0.6) is 5.75 Å². The van der Waals surface area contributed by atoms with Gasteiger partial charge in [-0.1, -0.05) is 40.2 Å². The van der Waals surface area contributed by atoms with E-state index in [9.17, 15) is 4.39 Å². The minimum Gasteiger partial charge on any atom is -0.488 e. The molecule has 100 valence electrons. The van der Waals surface area contributed by atoms with Crippen molar-refractivity contribution >= 4 is 27.5 Å². The van der Waals surface area contributed by atoms with Gasteiger partial charge in [0.2, 0.25) is 0 Å². The molecule has 0 fully saturated rings. The van der Waals surface area contributed by atoms with E-state index in [1.165, 1.54) is 6.07 Å². The molecule has 0 saturated heterocycles. The van der Waals surface area contributed by atoms with Crippen LogP contribution in [0.1, 0.15) is 16.7 Å². The van der Waals surface area contributed by atoms with Crippen molar-refractivity contribution in [3.63, 3.8) is 0 Å². The molecular formula is C15H13BrClFO. The first kappa shape index (κ1) is 14.4. The van der Waals surface area contributed by atoms with Gasteiger partial charge in [-0.3, -0.25) is 0 Å². The first-order valence-corrected chi connectivity index (χ1v) is 7.15. The van der Waals surface area contributed by atoms with Crippen molar-refractivity contribution in [3.05, 3.63) is 63.4 Å². The van der Waals surface area contributed by atoms with Gasteiger partial charge in [-0.15, -0.1) is 11.6 Å². The van der Waals surface area contributed by atoms with Gasteiger partial charge >= 0.3 is 0 Å². The van der Waals surface area contributed by atoms with Crippen LogP contribution < -0.4 is 4.74 Å². The third-order valence-corrected chi connectivity index (χ3v) is 3.61. The maximum Gasteiger partial charge on any atom is 0.130 e. The maximum atomic E-state index is 13.7. The maximum absolute atomic E-state index is 13.7. The molecule has 0 aliphatic rings. The quantitative estimate of drug-likeness (QED) is 0.692. The van der Waals surface area contributed by atoms with E-state index in [0.29, 0.717) is 15.9 Å². The summed E-state index contributed by atoms with van der Waals surface area (Å²) in [4.78, 5) is 0. The predicted octanol–water partition coefficient (Wildman–Crippen LogP) is 5.21. The Balaban J connectivity index is 2.19. The molecule has 0 bridgehead atoms. The number of benzene rings is 2. The molecule has 0 heterocycles. The molecule has 0 unspecified atom stereocenters. The lowest BCUT2D eigenvalue weighted by atomic mass is 10.1. The van der Waals surface area contributed by atoms with Crippen molar-refractivity contribution in [2.24, 2.45) is 0 Å². The minimum absolute atomic E-state index is 0.188. The normalized spacial score (nSPS) is 10.5. The molecular weight excluding hydrogens is 331 g/mol. The molecule has 0 aliphatic carbocycles. The fourth-order valence-electron chi connectivity index (χ4n) is 1.81. The van der Waals surface area contributed by atoms with Gasteiger partial charge < -0.3 is 4.74 Å². The monoisotopic (exact) mass is 342 g/mol. The van der Waals surface area contributed by atoms with Crippen LogP contribution >= 0.6 is 27.5 Å². The van der Waals surface area contributed by atoms with Crippen LogP contribution in [0.4, 0.5) is 4.39 Å². The molecule has 4 heteroatoms. The molecule has 0 aliphatic heterocycles. The standard InChI is InChI=1S/C15H13BrClFO/c1-10-3-2-4-11(8-17)15(10)19-9-12-5-6-13(16)7-14(12)18/h2-7H,8-9H2,1H3. The summed E-state index contributed by atoms with van der Waals surface area (Å²) in [5, 5.41) is 0. The molecule has 1 nitrogen and oxygen atoms in total. The summed E-state index contributed by atoms with van der Waals surface area (Å²) < 4.78 is 20.1. The molecule has 0 N–H and O–H groups in total. The number of hydrogen-bond acceptors (Lipinski definition) is 1. The number of halogens is 3. The summed E-state index contributed by atoms with van der Waals surface area (Å²) in [5.41, 5.74) is 2.43. The van der Waals surface area contributed by atoms with Gasteiger partial charge in [-0.25, -0.2) is 4.39 Å². The Labute approximate surface area is 125 Å². The van der Waals surface area contributed by atoms with Gasteiger partial charge in [0.05, 0.1) is 5.88 Å². The van der Waals surface area contributed by atoms with Gasteiger partial charge in [0, 0.05) is 15.6 Å². The van der Waals surface area contributed by atoms with Crippen molar-refractivity contribution in [1.82, 2.24) is 0 Å². The van der Waals surface area contributed by atoms with Crippen molar-refractivity contribution < 1.29 is 9.13 Å². The molecule has 2 aromatic carbocycles. The lowest BCUT2D eigenvalue weighted by molar-refractivity contribution is 0.295. The lowest BCUT2D eigenvalue weighted by Crippen LogP contribution is -2.01. The number of ether oxygens (including phenoxy) is 1. The van der Waals surface area contributed by atoms with E-state index in [2.05, 4.69) is 15.9 Å². The molecule has 0 spiro atoms. The van der Waals surface area contributed by atoms with Crippen LogP contribution in [0.25, 0.3) is 0 Å². The Morgan fingerprint density at radius 2 is 2.00 bits per heavy atom. The summed E-state index contributed by atoms with van der Waals surface area (Å²) in [5.74, 6) is 0.829. The van der Waals surface area contributed by atoms with Crippen LogP contribution in [-0.2, 0) is 12.5 Å². The molecule has 0 amide bonds. The van der Waals surface area contributed by atoms with Crippen LogP contribution in [0.3, 0.4) is 0 Å². The lowest BCUT2D eigenvalue weighted by Gasteiger charge is -2.13. The van der Waals surface area contributed by atoms with Crippen molar-refractivity contribution in [1.29, 1.82) is 0 Å². The smallest absolute Gasteiger partial charge is 0.130 e. The molecule has 2 aromatic rings. The van der Waals surface area contributed by atoms with Crippen molar-refractivity contribution in [2.75, 3.05) is 0 Å². The van der Waals surface area contributed by atoms with Crippen LogP contribution in [0, 0.1) is 12.7 Å². The van der Waals surface area contributed by atoms with Gasteiger partial charge in [0.1, 0.15) is 18.2 Å². The Morgan fingerprint density at radius 1 is 1.21 bits per heavy atom. The minimum atomic E-state index is -0.282. The predicted molar refractivity (Wildman–Crippen MR) is 79.2 cm³/mol. The Hall–Kier alpha value is -1.06. The highest BCUT2D eigenvalue weighted by Gasteiger charge is 2.08. The highest BCUT2D eigenvalue weighted by Crippen LogP contribution is 2.26. The number of alkyl halides is 1. The van der Waals surface area contributed by atoms with E-state index < -0.39 is 0 Å². The van der Waals surface area contributed by atoms with Gasteiger partial charge in [-0.2, -0.15) is 0 Å². The second-order valence-electron chi connectivity index (χ2n) is 4.22. The van der Waals surface area contributed by atoms with Gasteiger partial charge in [0.25, 0.3) is 0 Å². The van der Waals surface area contributed by atoms with Crippen LogP contribution in [-0.4, -0.2) is 0 Å². The number of para-hydroxylation sites is 1. The zero-order valence-corrected chi connectivity index (χ0v) is 12.8. The summed E-state index contributed by atoms with van der Waals surface area (Å²) in [7, 11) is 0. The molecule has 0 atom stereocenters. The zero-order chi connectivity index (χ0) is 13.8. The van der Waals surface area contributed by atoms with Crippen molar-refractivity contribution in [2.45, 2.75) is 19.4 Å². The number of hydrogen-bond donors (Lipinski definition) is 0. The Kier molecular flexibility index (Phi) is 4.83. The zero-order valence-electron chi connectivity index (χ0n) is 10.4. The van der Waals surface area contributed by atoms with E-state index in [-0.39, 0.29) is 12.4 Å². The fraction of sp³-hybridized carbons (Fsp3) is 0.200. The van der Waals surface area contributed by atoms with Gasteiger partial charge in [0.15, 0.2) is 0 Å². The Bertz CT molecular complexity index is 586. The fourth-order valence-corrected chi connectivity index (χ4v) is 2.36. The molecule has 0 radical (unpaired) electrons.